The maximum atomic E-state index is 11.9. The van der Waals surface area contributed by atoms with Gasteiger partial charge in [0.1, 0.15) is 5.69 Å². The van der Waals surface area contributed by atoms with E-state index in [0.717, 1.165) is 7.11 Å². The standard InChI is InChI=1S/C13H20N6O5S/c1-24-13(21)17-25(22,23)19-8-6-18(7-9-19)5-4-16-12(20)11-10-14-2-3-15-11/h2-3,10H,4-9H2,1H3,(H,16,20)(H,17,21). The quantitative estimate of drug-likeness (QED) is 0.611. The Hall–Kier alpha value is -2.31. The van der Waals surface area contributed by atoms with E-state index < -0.39 is 16.3 Å². The largest absolute Gasteiger partial charge is 0.452 e. The summed E-state index contributed by atoms with van der Waals surface area (Å²) < 4.78 is 31.2. The highest BCUT2D eigenvalue weighted by atomic mass is 32.2. The van der Waals surface area contributed by atoms with Gasteiger partial charge in [-0.2, -0.15) is 12.7 Å². The fourth-order valence-corrected chi connectivity index (χ4v) is 3.31. The van der Waals surface area contributed by atoms with Gasteiger partial charge in [0.2, 0.25) is 0 Å². The number of amides is 2. The maximum absolute atomic E-state index is 11.9. The normalized spacial score (nSPS) is 16.2. The number of nitrogens with zero attached hydrogens (tertiary/aromatic N) is 4. The Bertz CT molecular complexity index is 690. The number of hydrogen-bond acceptors (Lipinski definition) is 8. The van der Waals surface area contributed by atoms with E-state index in [1.54, 1.807) is 0 Å². The van der Waals surface area contributed by atoms with Crippen LogP contribution in [0.2, 0.25) is 0 Å². The number of carbonyl (C=O) groups excluding carboxylic acids is 2. The van der Waals surface area contributed by atoms with Crippen LogP contribution in [0.3, 0.4) is 0 Å². The van der Waals surface area contributed by atoms with E-state index in [9.17, 15) is 18.0 Å². The lowest BCUT2D eigenvalue weighted by atomic mass is 10.3. The fraction of sp³-hybridized carbons (Fsp3) is 0.538. The lowest BCUT2D eigenvalue weighted by Gasteiger charge is -2.33. The molecule has 2 rings (SSSR count). The zero-order valence-corrected chi connectivity index (χ0v) is 14.5. The van der Waals surface area contributed by atoms with E-state index in [-0.39, 0.29) is 24.7 Å². The van der Waals surface area contributed by atoms with E-state index in [2.05, 4.69) is 20.0 Å². The summed E-state index contributed by atoms with van der Waals surface area (Å²) in [5.74, 6) is -0.309. The Kier molecular flexibility index (Phi) is 6.61. The van der Waals surface area contributed by atoms with Crippen molar-refractivity contribution in [3.05, 3.63) is 24.3 Å². The van der Waals surface area contributed by atoms with Crippen LogP contribution in [0.25, 0.3) is 0 Å². The topological polar surface area (TPSA) is 134 Å². The zero-order chi connectivity index (χ0) is 18.3. The number of piperazine rings is 1. The molecule has 1 fully saturated rings. The molecule has 0 radical (unpaired) electrons. The monoisotopic (exact) mass is 372 g/mol. The van der Waals surface area contributed by atoms with Crippen LogP contribution in [0.5, 0.6) is 0 Å². The number of ether oxygens (including phenoxy) is 1. The number of hydrogen-bond donors (Lipinski definition) is 2. The van der Waals surface area contributed by atoms with Crippen LogP contribution in [0.15, 0.2) is 18.6 Å². The summed E-state index contributed by atoms with van der Waals surface area (Å²) in [6.45, 7) is 2.44. The third kappa shape index (κ3) is 5.62. The molecule has 138 valence electrons. The van der Waals surface area contributed by atoms with Gasteiger partial charge in [0.05, 0.1) is 13.3 Å². The second-order valence-corrected chi connectivity index (χ2v) is 6.86. The highest BCUT2D eigenvalue weighted by Crippen LogP contribution is 2.06. The smallest absolute Gasteiger partial charge is 0.421 e. The molecule has 1 aliphatic heterocycles. The van der Waals surface area contributed by atoms with Crippen molar-refractivity contribution in [3.8, 4) is 0 Å². The fourth-order valence-electron chi connectivity index (χ4n) is 2.24. The summed E-state index contributed by atoms with van der Waals surface area (Å²) in [5.41, 5.74) is 0.243. The molecule has 2 N–H and O–H groups in total. The van der Waals surface area contributed by atoms with Crippen molar-refractivity contribution in [2.75, 3.05) is 46.4 Å². The van der Waals surface area contributed by atoms with Crippen LogP contribution < -0.4 is 10.0 Å². The molecule has 12 heteroatoms. The summed E-state index contributed by atoms with van der Waals surface area (Å²) in [7, 11) is -2.80. The zero-order valence-electron chi connectivity index (χ0n) is 13.7. The highest BCUT2D eigenvalue weighted by molar-refractivity contribution is 7.87. The van der Waals surface area contributed by atoms with Gasteiger partial charge < -0.3 is 10.1 Å². The number of carbonyl (C=O) groups is 2. The second-order valence-electron chi connectivity index (χ2n) is 5.19. The van der Waals surface area contributed by atoms with Crippen molar-refractivity contribution in [3.63, 3.8) is 0 Å². The van der Waals surface area contributed by atoms with Crippen molar-refractivity contribution in [1.29, 1.82) is 0 Å². The summed E-state index contributed by atoms with van der Waals surface area (Å²) in [6.07, 6.45) is 3.29. The molecule has 1 aliphatic rings. The Morgan fingerprint density at radius 1 is 1.24 bits per heavy atom. The Balaban J connectivity index is 1.72. The molecule has 0 aromatic carbocycles. The molecule has 25 heavy (non-hydrogen) atoms. The Morgan fingerprint density at radius 3 is 2.56 bits per heavy atom. The SMILES string of the molecule is COC(=O)NS(=O)(=O)N1CCN(CCNC(=O)c2cnccn2)CC1. The molecule has 0 bridgehead atoms. The predicted molar refractivity (Wildman–Crippen MR) is 86.8 cm³/mol. The van der Waals surface area contributed by atoms with E-state index in [0.29, 0.717) is 26.2 Å². The van der Waals surface area contributed by atoms with Gasteiger partial charge in [-0.1, -0.05) is 0 Å². The molecule has 0 saturated carbocycles. The first-order valence-electron chi connectivity index (χ1n) is 7.55. The van der Waals surface area contributed by atoms with Crippen LogP contribution >= 0.6 is 0 Å². The maximum Gasteiger partial charge on any atom is 0.421 e. The van der Waals surface area contributed by atoms with Gasteiger partial charge in [-0.05, 0) is 0 Å². The van der Waals surface area contributed by atoms with Crippen molar-refractivity contribution in [2.24, 2.45) is 0 Å². The molecule has 0 aliphatic carbocycles. The lowest BCUT2D eigenvalue weighted by molar-refractivity contribution is 0.0939. The number of nitrogens with one attached hydrogen (secondary N) is 2. The van der Waals surface area contributed by atoms with Crippen LogP contribution in [0.4, 0.5) is 4.79 Å². The highest BCUT2D eigenvalue weighted by Gasteiger charge is 2.28. The van der Waals surface area contributed by atoms with Gasteiger partial charge in [0, 0.05) is 51.7 Å². The van der Waals surface area contributed by atoms with Gasteiger partial charge in [0.25, 0.3) is 5.91 Å². The summed E-state index contributed by atoms with van der Waals surface area (Å²) in [4.78, 5) is 32.6. The molecule has 2 amide bonds. The first-order valence-corrected chi connectivity index (χ1v) is 8.99. The first kappa shape index (κ1) is 19.0. The van der Waals surface area contributed by atoms with Crippen LogP contribution in [-0.2, 0) is 14.9 Å². The van der Waals surface area contributed by atoms with Crippen molar-refractivity contribution < 1.29 is 22.7 Å². The van der Waals surface area contributed by atoms with Crippen molar-refractivity contribution >= 4 is 22.2 Å². The molecular formula is C13H20N6O5S. The van der Waals surface area contributed by atoms with Gasteiger partial charge in [-0.15, -0.1) is 0 Å². The molecule has 11 nitrogen and oxygen atoms in total. The average Bonchev–Trinajstić information content (AvgIpc) is 2.62. The second kappa shape index (κ2) is 8.69. The van der Waals surface area contributed by atoms with Gasteiger partial charge >= 0.3 is 16.3 Å². The number of rotatable bonds is 6. The summed E-state index contributed by atoms with van der Waals surface area (Å²) >= 11 is 0. The molecule has 1 aromatic heterocycles. The van der Waals surface area contributed by atoms with Crippen LogP contribution in [0.1, 0.15) is 10.5 Å². The van der Waals surface area contributed by atoms with Crippen LogP contribution in [-0.4, -0.2) is 86.0 Å². The molecule has 1 saturated heterocycles. The molecule has 0 unspecified atom stereocenters. The Labute approximate surface area is 145 Å². The third-order valence-corrected chi connectivity index (χ3v) is 5.05. The lowest BCUT2D eigenvalue weighted by Crippen LogP contribution is -2.53. The van der Waals surface area contributed by atoms with E-state index >= 15 is 0 Å². The molecule has 2 heterocycles. The summed E-state index contributed by atoms with van der Waals surface area (Å²) in [6, 6.07) is 0. The van der Waals surface area contributed by atoms with Gasteiger partial charge in [-0.3, -0.25) is 14.7 Å². The number of aromatic nitrogens is 2. The van der Waals surface area contributed by atoms with E-state index in [4.69, 9.17) is 0 Å². The van der Waals surface area contributed by atoms with Crippen molar-refractivity contribution in [2.45, 2.75) is 0 Å². The third-order valence-electron chi connectivity index (χ3n) is 3.58. The van der Waals surface area contributed by atoms with Gasteiger partial charge in [-0.25, -0.2) is 14.5 Å². The van der Waals surface area contributed by atoms with Crippen molar-refractivity contribution in [1.82, 2.24) is 29.2 Å². The van der Waals surface area contributed by atoms with Crippen LogP contribution in [0, 0.1) is 0 Å². The van der Waals surface area contributed by atoms with E-state index in [1.165, 1.54) is 22.9 Å². The molecule has 1 aromatic rings. The minimum Gasteiger partial charge on any atom is -0.452 e. The summed E-state index contributed by atoms with van der Waals surface area (Å²) in [5, 5.41) is 2.73. The number of methoxy groups -OCH3 is 1. The first-order chi connectivity index (χ1) is 11.9. The minimum atomic E-state index is -3.89. The molecular weight excluding hydrogens is 352 g/mol. The predicted octanol–water partition coefficient (Wildman–Crippen LogP) is -1.58. The molecule has 0 spiro atoms. The average molecular weight is 372 g/mol. The van der Waals surface area contributed by atoms with Gasteiger partial charge in [0.15, 0.2) is 0 Å². The minimum absolute atomic E-state index is 0.241. The molecule has 0 atom stereocenters. The van der Waals surface area contributed by atoms with E-state index in [1.807, 2.05) is 9.62 Å². The Morgan fingerprint density at radius 2 is 1.96 bits per heavy atom.